The fourth-order valence-corrected chi connectivity index (χ4v) is 4.03. The highest BCUT2D eigenvalue weighted by atomic mass is 16.6. The third-order valence-corrected chi connectivity index (χ3v) is 5.61. The maximum Gasteiger partial charge on any atom is 0.320 e. The van der Waals surface area contributed by atoms with Crippen molar-refractivity contribution in [3.63, 3.8) is 0 Å². The number of nitrogens with zero attached hydrogens (tertiary/aromatic N) is 4. The standard InChI is InChI=1S/C27H40N4O4/c1-6-8-25(12-11-22(2)33)31-16-15-29(17-18-32)13-14-30(21-26(34)35-27(3,4)5)19-23-9-7-10-24(20-31)28-23/h7,9-10,18,25,33H,2,11-17,19-21H2,1,3-5H3. The Hall–Kier alpha value is -2.73. The first-order valence-electron chi connectivity index (χ1n) is 12.2. The van der Waals surface area contributed by atoms with Gasteiger partial charge in [0.1, 0.15) is 11.9 Å². The van der Waals surface area contributed by atoms with E-state index in [4.69, 9.17) is 9.72 Å². The lowest BCUT2D eigenvalue weighted by Gasteiger charge is -2.33. The van der Waals surface area contributed by atoms with Crippen LogP contribution in [-0.4, -0.2) is 88.0 Å². The molecule has 1 atom stereocenters. The summed E-state index contributed by atoms with van der Waals surface area (Å²) < 4.78 is 5.53. The van der Waals surface area contributed by atoms with Crippen LogP contribution in [0.5, 0.6) is 0 Å². The van der Waals surface area contributed by atoms with Gasteiger partial charge in [-0.25, -0.2) is 0 Å². The first-order valence-corrected chi connectivity index (χ1v) is 12.2. The number of esters is 1. The number of hydrogen-bond donors (Lipinski definition) is 1. The van der Waals surface area contributed by atoms with Crippen LogP contribution >= 0.6 is 0 Å². The Bertz CT molecular complexity index is 916. The van der Waals surface area contributed by atoms with E-state index in [1.165, 1.54) is 0 Å². The van der Waals surface area contributed by atoms with Crippen LogP contribution in [0, 0.1) is 11.8 Å². The number of allylic oxidation sites excluding steroid dienone is 1. The van der Waals surface area contributed by atoms with E-state index in [9.17, 15) is 14.7 Å². The number of aromatic nitrogens is 1. The summed E-state index contributed by atoms with van der Waals surface area (Å²) in [6.07, 6.45) is 2.05. The minimum atomic E-state index is -0.547. The normalized spacial score (nSPS) is 17.3. The van der Waals surface area contributed by atoms with E-state index in [-0.39, 0.29) is 24.3 Å². The maximum absolute atomic E-state index is 12.5. The van der Waals surface area contributed by atoms with E-state index in [0.717, 1.165) is 17.7 Å². The SMILES string of the molecule is C=C(O)CCC(C#CC)N1CCN(CC=O)CCN(CC(=O)OC(C)(C)C)Cc2cccc(n2)C1. The number of aldehydes is 1. The summed E-state index contributed by atoms with van der Waals surface area (Å²) in [4.78, 5) is 35.1. The van der Waals surface area contributed by atoms with Crippen LogP contribution < -0.4 is 0 Å². The highest BCUT2D eigenvalue weighted by Gasteiger charge is 2.23. The van der Waals surface area contributed by atoms with E-state index in [2.05, 4.69) is 28.2 Å². The van der Waals surface area contributed by atoms with Gasteiger partial charge in [-0.05, 0) is 46.2 Å². The van der Waals surface area contributed by atoms with Gasteiger partial charge in [-0.1, -0.05) is 18.6 Å². The number of ether oxygens (including phenoxy) is 1. The first-order chi connectivity index (χ1) is 16.6. The quantitative estimate of drug-likeness (QED) is 0.261. The summed E-state index contributed by atoms with van der Waals surface area (Å²) in [5.41, 5.74) is 1.23. The van der Waals surface area contributed by atoms with Gasteiger partial charge in [0.25, 0.3) is 0 Å². The summed E-state index contributed by atoms with van der Waals surface area (Å²) in [6.45, 7) is 15.1. The monoisotopic (exact) mass is 484 g/mol. The molecule has 0 radical (unpaired) electrons. The molecule has 0 aliphatic carbocycles. The average molecular weight is 485 g/mol. The van der Waals surface area contributed by atoms with Crippen molar-refractivity contribution in [3.05, 3.63) is 41.9 Å². The second kappa shape index (κ2) is 14.0. The molecule has 2 rings (SSSR count). The lowest BCUT2D eigenvalue weighted by molar-refractivity contribution is -0.156. The van der Waals surface area contributed by atoms with Crippen molar-refractivity contribution in [3.8, 4) is 11.8 Å². The summed E-state index contributed by atoms with van der Waals surface area (Å²) in [5, 5.41) is 9.63. The van der Waals surface area contributed by atoms with Gasteiger partial charge in [-0.2, -0.15) is 0 Å². The third-order valence-electron chi connectivity index (χ3n) is 5.61. The van der Waals surface area contributed by atoms with Crippen molar-refractivity contribution in [2.45, 2.75) is 65.3 Å². The van der Waals surface area contributed by atoms with Crippen LogP contribution in [0.2, 0.25) is 0 Å². The number of hydrogen-bond acceptors (Lipinski definition) is 8. The van der Waals surface area contributed by atoms with E-state index in [1.54, 1.807) is 0 Å². The molecule has 192 valence electrons. The Labute approximate surface area is 209 Å². The molecule has 1 aliphatic heterocycles. The number of pyridine rings is 1. The van der Waals surface area contributed by atoms with Gasteiger partial charge in [0.15, 0.2) is 0 Å². The largest absolute Gasteiger partial charge is 0.513 e. The van der Waals surface area contributed by atoms with Crippen molar-refractivity contribution in [2.24, 2.45) is 0 Å². The predicted octanol–water partition coefficient (Wildman–Crippen LogP) is 2.79. The molecule has 0 fully saturated rings. The van der Waals surface area contributed by atoms with Crippen LogP contribution in [0.25, 0.3) is 0 Å². The molecule has 1 aromatic heterocycles. The number of aliphatic hydroxyl groups excluding tert-OH is 1. The summed E-state index contributed by atoms with van der Waals surface area (Å²) in [5.74, 6) is 6.16. The van der Waals surface area contributed by atoms with Gasteiger partial charge >= 0.3 is 5.97 Å². The molecule has 2 bridgehead atoms. The smallest absolute Gasteiger partial charge is 0.320 e. The number of aliphatic hydroxyl groups is 1. The van der Waals surface area contributed by atoms with E-state index < -0.39 is 5.60 Å². The van der Waals surface area contributed by atoms with Crippen molar-refractivity contribution in [1.82, 2.24) is 19.7 Å². The molecule has 35 heavy (non-hydrogen) atoms. The molecule has 8 nitrogen and oxygen atoms in total. The number of carbonyl (C=O) groups is 2. The molecule has 0 amide bonds. The fourth-order valence-electron chi connectivity index (χ4n) is 4.03. The topological polar surface area (TPSA) is 86.2 Å². The van der Waals surface area contributed by atoms with Crippen LogP contribution in [-0.2, 0) is 27.4 Å². The van der Waals surface area contributed by atoms with Gasteiger partial charge < -0.3 is 14.6 Å². The van der Waals surface area contributed by atoms with Crippen LogP contribution in [0.1, 0.15) is 51.9 Å². The van der Waals surface area contributed by atoms with Gasteiger partial charge in [0.2, 0.25) is 0 Å². The van der Waals surface area contributed by atoms with Crippen molar-refractivity contribution in [2.75, 3.05) is 39.3 Å². The molecule has 8 heteroatoms. The molecular weight excluding hydrogens is 444 g/mol. The molecule has 1 N–H and O–H groups in total. The van der Waals surface area contributed by atoms with Crippen LogP contribution in [0.15, 0.2) is 30.5 Å². The van der Waals surface area contributed by atoms with Crippen molar-refractivity contribution in [1.29, 1.82) is 0 Å². The Morgan fingerprint density at radius 1 is 1.20 bits per heavy atom. The molecule has 1 aliphatic rings. The van der Waals surface area contributed by atoms with Gasteiger partial charge in [-0.3, -0.25) is 24.5 Å². The summed E-state index contributed by atoms with van der Waals surface area (Å²) in [7, 11) is 0. The Kier molecular flexibility index (Phi) is 11.4. The second-order valence-corrected chi connectivity index (χ2v) is 9.87. The van der Waals surface area contributed by atoms with Gasteiger partial charge in [-0.15, -0.1) is 5.92 Å². The molecule has 0 spiro atoms. The summed E-state index contributed by atoms with van der Waals surface area (Å²) in [6, 6.07) is 5.87. The molecule has 0 saturated carbocycles. The minimum Gasteiger partial charge on any atom is -0.513 e. The highest BCUT2D eigenvalue weighted by molar-refractivity contribution is 5.72. The molecular formula is C27H40N4O4. The highest BCUT2D eigenvalue weighted by Crippen LogP contribution is 2.16. The zero-order chi connectivity index (χ0) is 25.8. The zero-order valence-electron chi connectivity index (χ0n) is 21.6. The maximum atomic E-state index is 12.5. The zero-order valence-corrected chi connectivity index (χ0v) is 21.6. The Morgan fingerprint density at radius 3 is 2.49 bits per heavy atom. The van der Waals surface area contributed by atoms with Crippen molar-refractivity contribution >= 4 is 12.3 Å². The fraction of sp³-hybridized carbons (Fsp3) is 0.593. The van der Waals surface area contributed by atoms with E-state index >= 15 is 0 Å². The third kappa shape index (κ3) is 11.0. The first kappa shape index (κ1) is 28.5. The Morgan fingerprint density at radius 2 is 1.86 bits per heavy atom. The second-order valence-electron chi connectivity index (χ2n) is 9.87. The average Bonchev–Trinajstić information content (AvgIpc) is 2.75. The molecule has 1 aromatic rings. The number of carbonyl (C=O) groups excluding carboxylic acids is 2. The molecule has 0 saturated heterocycles. The van der Waals surface area contributed by atoms with Crippen LogP contribution in [0.4, 0.5) is 0 Å². The van der Waals surface area contributed by atoms with Crippen molar-refractivity contribution < 1.29 is 19.4 Å². The predicted molar refractivity (Wildman–Crippen MR) is 137 cm³/mol. The van der Waals surface area contributed by atoms with E-state index in [0.29, 0.717) is 58.7 Å². The Balaban J connectivity index is 2.30. The molecule has 0 aromatic carbocycles. The lowest BCUT2D eigenvalue weighted by atomic mass is 10.1. The number of fused-ring (bicyclic) bond motifs is 2. The van der Waals surface area contributed by atoms with Crippen LogP contribution in [0.3, 0.4) is 0 Å². The number of rotatable bonds is 8. The summed E-state index contributed by atoms with van der Waals surface area (Å²) >= 11 is 0. The van der Waals surface area contributed by atoms with Gasteiger partial charge in [0, 0.05) is 45.7 Å². The molecule has 1 unspecified atom stereocenters. The van der Waals surface area contributed by atoms with Gasteiger partial charge in [0.05, 0.1) is 36.3 Å². The lowest BCUT2D eigenvalue weighted by Crippen LogP contribution is -2.44. The minimum absolute atomic E-state index is 0.0703. The van der Waals surface area contributed by atoms with E-state index in [1.807, 2.05) is 50.8 Å². The molecule has 2 heterocycles.